The molecule has 0 heterocycles. The molecule has 1 saturated carbocycles. The molecule has 3 unspecified atom stereocenters. The predicted molar refractivity (Wildman–Crippen MR) is 86.0 cm³/mol. The van der Waals surface area contributed by atoms with Crippen LogP contribution in [0.4, 0.5) is 0 Å². The van der Waals surface area contributed by atoms with Gasteiger partial charge in [-0.1, -0.05) is 65.9 Å². The Hall–Kier alpha value is -0.170. The van der Waals surface area contributed by atoms with Crippen LogP contribution in [0.2, 0.25) is 0 Å². The van der Waals surface area contributed by atoms with Crippen LogP contribution in [-0.4, -0.2) is 4.86 Å². The Morgan fingerprint density at radius 1 is 1.28 bits per heavy atom. The monoisotopic (exact) mass is 266 g/mol. The highest BCUT2D eigenvalue weighted by Crippen LogP contribution is 2.57. The van der Waals surface area contributed by atoms with Crippen molar-refractivity contribution in [1.29, 1.82) is 0 Å². The fraction of sp³-hybridized carbons (Fsp3) is 0.824. The number of allylic oxidation sites excluding steroid dienone is 1. The Labute approximate surface area is 119 Å². The van der Waals surface area contributed by atoms with Gasteiger partial charge in [0.15, 0.2) is 0 Å². The summed E-state index contributed by atoms with van der Waals surface area (Å²) in [6.45, 7) is 20.5. The Morgan fingerprint density at radius 2 is 1.78 bits per heavy atom. The first kappa shape index (κ1) is 15.9. The molecule has 0 nitrogen and oxygen atoms in total. The predicted octanol–water partition coefficient (Wildman–Crippen LogP) is 5.67. The van der Waals surface area contributed by atoms with Crippen molar-refractivity contribution >= 4 is 17.1 Å². The molecule has 3 atom stereocenters. The van der Waals surface area contributed by atoms with E-state index in [1.807, 2.05) is 0 Å². The van der Waals surface area contributed by atoms with E-state index in [4.69, 9.17) is 12.2 Å². The molecule has 0 radical (unpaired) electrons. The minimum atomic E-state index is 0.263. The number of rotatable bonds is 4. The number of hydrogen-bond acceptors (Lipinski definition) is 1. The lowest BCUT2D eigenvalue weighted by Gasteiger charge is -2.54. The lowest BCUT2D eigenvalue weighted by molar-refractivity contribution is 0.0559. The van der Waals surface area contributed by atoms with Gasteiger partial charge in [-0.25, -0.2) is 0 Å². The van der Waals surface area contributed by atoms with E-state index in [1.54, 1.807) is 0 Å². The van der Waals surface area contributed by atoms with E-state index in [0.29, 0.717) is 23.2 Å². The van der Waals surface area contributed by atoms with E-state index >= 15 is 0 Å². The highest BCUT2D eigenvalue weighted by molar-refractivity contribution is 7.80. The van der Waals surface area contributed by atoms with Gasteiger partial charge in [0.05, 0.1) is 0 Å². The highest BCUT2D eigenvalue weighted by Gasteiger charge is 2.49. The molecule has 0 N–H and O–H groups in total. The highest BCUT2D eigenvalue weighted by atomic mass is 32.1. The first-order valence-corrected chi connectivity index (χ1v) is 7.63. The van der Waals surface area contributed by atoms with Gasteiger partial charge in [-0.3, -0.25) is 0 Å². The first-order chi connectivity index (χ1) is 8.03. The van der Waals surface area contributed by atoms with E-state index in [0.717, 1.165) is 11.3 Å². The number of thiocarbonyl (C=S) groups is 1. The summed E-state index contributed by atoms with van der Waals surface area (Å²) in [6, 6.07) is 0. The summed E-state index contributed by atoms with van der Waals surface area (Å²) in [5.41, 5.74) is 2.08. The van der Waals surface area contributed by atoms with Gasteiger partial charge in [-0.15, -0.1) is 0 Å². The standard InChI is InChI=1S/C17H30S/c1-9-13(12(3)18)17(7,8)15-10-14(11(15)2)16(4,5)6/h13-15H,2,9-10H2,1,3-8H3. The van der Waals surface area contributed by atoms with Crippen molar-refractivity contribution in [3.05, 3.63) is 12.2 Å². The van der Waals surface area contributed by atoms with Crippen molar-refractivity contribution in [2.45, 2.75) is 61.3 Å². The summed E-state index contributed by atoms with van der Waals surface area (Å²) in [5, 5.41) is 0. The van der Waals surface area contributed by atoms with Crippen molar-refractivity contribution < 1.29 is 0 Å². The maximum absolute atomic E-state index is 5.47. The normalized spacial score (nSPS) is 26.7. The molecule has 104 valence electrons. The Kier molecular flexibility index (Phi) is 4.48. The van der Waals surface area contributed by atoms with Gasteiger partial charge < -0.3 is 0 Å². The minimum Gasteiger partial charge on any atom is -0.0993 e. The molecule has 1 aliphatic carbocycles. The van der Waals surface area contributed by atoms with Gasteiger partial charge in [0.2, 0.25) is 0 Å². The van der Waals surface area contributed by atoms with Gasteiger partial charge in [0.25, 0.3) is 0 Å². The van der Waals surface area contributed by atoms with E-state index in [9.17, 15) is 0 Å². The fourth-order valence-electron chi connectivity index (χ4n) is 3.89. The molecule has 0 aromatic carbocycles. The smallest absolute Gasteiger partial charge is 0.00465 e. The molecule has 0 aromatic rings. The zero-order valence-corrected chi connectivity index (χ0v) is 14.1. The van der Waals surface area contributed by atoms with Crippen LogP contribution in [0.3, 0.4) is 0 Å². The maximum Gasteiger partial charge on any atom is -0.00465 e. The molecule has 0 spiro atoms. The zero-order chi connectivity index (χ0) is 14.3. The van der Waals surface area contributed by atoms with Crippen LogP contribution >= 0.6 is 12.2 Å². The fourth-order valence-corrected chi connectivity index (χ4v) is 4.36. The molecule has 0 saturated heterocycles. The quantitative estimate of drug-likeness (QED) is 0.467. The molecule has 0 amide bonds. The van der Waals surface area contributed by atoms with Gasteiger partial charge in [-0.2, -0.15) is 0 Å². The van der Waals surface area contributed by atoms with Crippen LogP contribution < -0.4 is 0 Å². The second kappa shape index (κ2) is 5.07. The zero-order valence-electron chi connectivity index (χ0n) is 13.3. The van der Waals surface area contributed by atoms with Crippen molar-refractivity contribution in [2.75, 3.05) is 0 Å². The summed E-state index contributed by atoms with van der Waals surface area (Å²) in [6.07, 6.45) is 2.43. The van der Waals surface area contributed by atoms with E-state index in [2.05, 4.69) is 55.0 Å². The largest absolute Gasteiger partial charge is 0.0993 e. The summed E-state index contributed by atoms with van der Waals surface area (Å²) >= 11 is 5.47. The van der Waals surface area contributed by atoms with Crippen molar-refractivity contribution in [3.63, 3.8) is 0 Å². The Balaban J connectivity index is 2.85. The molecule has 0 aliphatic heterocycles. The second-order valence-electron chi connectivity index (χ2n) is 7.67. The van der Waals surface area contributed by atoms with Crippen LogP contribution in [0.25, 0.3) is 0 Å². The molecule has 0 aromatic heterocycles. The van der Waals surface area contributed by atoms with Gasteiger partial charge in [-0.05, 0) is 53.2 Å². The van der Waals surface area contributed by atoms with Crippen LogP contribution in [0.15, 0.2) is 12.2 Å². The molecule has 1 aliphatic rings. The van der Waals surface area contributed by atoms with Crippen LogP contribution in [-0.2, 0) is 0 Å². The molecular weight excluding hydrogens is 236 g/mol. The van der Waals surface area contributed by atoms with Gasteiger partial charge >= 0.3 is 0 Å². The van der Waals surface area contributed by atoms with Crippen molar-refractivity contribution in [2.24, 2.45) is 28.6 Å². The molecule has 1 fully saturated rings. The Bertz CT molecular complexity index is 343. The third-order valence-corrected chi connectivity index (χ3v) is 5.39. The topological polar surface area (TPSA) is 0 Å². The molecule has 1 heteroatoms. The summed E-state index contributed by atoms with van der Waals surface area (Å²) < 4.78 is 0. The average Bonchev–Trinajstić information content (AvgIpc) is 2.12. The SMILES string of the molecule is C=C1C(C(C)(C)C)CC1C(C)(C)C(CC)C(C)=S. The van der Waals surface area contributed by atoms with Crippen LogP contribution in [0.1, 0.15) is 61.3 Å². The second-order valence-corrected chi connectivity index (χ2v) is 8.32. The summed E-state index contributed by atoms with van der Waals surface area (Å²) in [7, 11) is 0. The van der Waals surface area contributed by atoms with E-state index in [-0.39, 0.29) is 5.41 Å². The third-order valence-electron chi connectivity index (χ3n) is 5.11. The van der Waals surface area contributed by atoms with Crippen molar-refractivity contribution in [3.8, 4) is 0 Å². The lowest BCUT2D eigenvalue weighted by atomic mass is 9.50. The third kappa shape index (κ3) is 2.71. The number of hydrogen-bond donors (Lipinski definition) is 0. The summed E-state index contributed by atoms with van der Waals surface area (Å²) in [5.74, 6) is 1.87. The first-order valence-electron chi connectivity index (χ1n) is 7.22. The van der Waals surface area contributed by atoms with Gasteiger partial charge in [0.1, 0.15) is 0 Å². The molecule has 0 bridgehead atoms. The Morgan fingerprint density at radius 3 is 2.06 bits per heavy atom. The van der Waals surface area contributed by atoms with Crippen molar-refractivity contribution in [1.82, 2.24) is 0 Å². The summed E-state index contributed by atoms with van der Waals surface area (Å²) in [4.78, 5) is 1.16. The van der Waals surface area contributed by atoms with Crippen LogP contribution in [0, 0.1) is 28.6 Å². The van der Waals surface area contributed by atoms with Crippen LogP contribution in [0.5, 0.6) is 0 Å². The van der Waals surface area contributed by atoms with Gasteiger partial charge in [0, 0.05) is 0 Å². The van der Waals surface area contributed by atoms with E-state index < -0.39 is 0 Å². The average molecular weight is 266 g/mol. The molecule has 18 heavy (non-hydrogen) atoms. The minimum absolute atomic E-state index is 0.263. The molecule has 1 rings (SSSR count). The molecular formula is C17H30S. The maximum atomic E-state index is 5.47. The lowest BCUT2D eigenvalue weighted by Crippen LogP contribution is -2.47. The van der Waals surface area contributed by atoms with E-state index in [1.165, 1.54) is 12.0 Å².